The molecule has 154 valence electrons. The molecule has 1 N–H and O–H groups in total. The number of benzene rings is 4. The molecule has 4 aromatic carbocycles. The third kappa shape index (κ3) is 4.36. The highest BCUT2D eigenvalue weighted by molar-refractivity contribution is 7.19. The number of nitrogens with one attached hydrogen (secondary N) is 1. The van der Waals surface area contributed by atoms with Gasteiger partial charge in [0.15, 0.2) is 0 Å². The highest BCUT2D eigenvalue weighted by atomic mass is 32.1. The van der Waals surface area contributed by atoms with Gasteiger partial charge in [0, 0.05) is 16.7 Å². The van der Waals surface area contributed by atoms with Crippen molar-refractivity contribution in [1.29, 1.82) is 0 Å². The van der Waals surface area contributed by atoms with Crippen LogP contribution >= 0.6 is 11.3 Å². The summed E-state index contributed by atoms with van der Waals surface area (Å²) in [5, 5.41) is 5.55. The summed E-state index contributed by atoms with van der Waals surface area (Å²) in [5.41, 5.74) is 9.41. The second-order valence-corrected chi connectivity index (χ2v) is 8.23. The van der Waals surface area contributed by atoms with Gasteiger partial charge in [-0.25, -0.2) is 4.98 Å². The molecule has 5 aromatic rings. The van der Waals surface area contributed by atoms with Crippen LogP contribution in [0.2, 0.25) is 0 Å². The van der Waals surface area contributed by atoms with Crippen LogP contribution in [0, 0.1) is 0 Å². The molecule has 0 aliphatic heterocycles. The summed E-state index contributed by atoms with van der Waals surface area (Å²) >= 11 is 1.61. The van der Waals surface area contributed by atoms with E-state index < -0.39 is 0 Å². The van der Waals surface area contributed by atoms with Gasteiger partial charge in [0.05, 0.1) is 16.3 Å². The number of hydrogen-bond donors (Lipinski definition) is 1. The van der Waals surface area contributed by atoms with Crippen LogP contribution in [0.4, 0.5) is 5.13 Å². The fourth-order valence-corrected chi connectivity index (χ4v) is 4.47. The Morgan fingerprint density at radius 3 is 1.59 bits per heavy atom. The Bertz CT molecular complexity index is 1210. The highest BCUT2D eigenvalue weighted by Crippen LogP contribution is 2.38. The quantitative estimate of drug-likeness (QED) is 0.225. The van der Waals surface area contributed by atoms with Crippen LogP contribution in [0.3, 0.4) is 0 Å². The van der Waals surface area contributed by atoms with Gasteiger partial charge in [-0.05, 0) is 5.56 Å². The zero-order valence-corrected chi connectivity index (χ0v) is 18.2. The van der Waals surface area contributed by atoms with Crippen molar-refractivity contribution in [1.82, 2.24) is 4.98 Å². The van der Waals surface area contributed by atoms with Crippen molar-refractivity contribution in [3.05, 3.63) is 132 Å². The summed E-state index contributed by atoms with van der Waals surface area (Å²) in [6, 6.07) is 41.1. The van der Waals surface area contributed by atoms with Gasteiger partial charge in [-0.2, -0.15) is 5.10 Å². The third-order valence-corrected chi connectivity index (χ3v) is 6.08. The molecule has 4 heteroatoms. The van der Waals surface area contributed by atoms with E-state index in [0.717, 1.165) is 43.7 Å². The van der Waals surface area contributed by atoms with Gasteiger partial charge < -0.3 is 0 Å². The van der Waals surface area contributed by atoms with Crippen molar-refractivity contribution in [3.63, 3.8) is 0 Å². The summed E-state index contributed by atoms with van der Waals surface area (Å²) in [5.74, 6) is 0. The van der Waals surface area contributed by atoms with Crippen LogP contribution in [-0.2, 0) is 0 Å². The van der Waals surface area contributed by atoms with Gasteiger partial charge >= 0.3 is 0 Å². The minimum absolute atomic E-state index is 0.757. The van der Waals surface area contributed by atoms with Gasteiger partial charge in [0.1, 0.15) is 0 Å². The van der Waals surface area contributed by atoms with E-state index in [1.54, 1.807) is 11.3 Å². The molecular weight excluding hydrogens is 410 g/mol. The molecule has 5 rings (SSSR count). The predicted octanol–water partition coefficient (Wildman–Crippen LogP) is 7.34. The molecule has 0 spiro atoms. The zero-order valence-electron chi connectivity index (χ0n) is 17.3. The largest absolute Gasteiger partial charge is 0.252 e. The fourth-order valence-electron chi connectivity index (χ4n) is 3.54. The fraction of sp³-hybridized carbons (Fsp3) is 0. The van der Waals surface area contributed by atoms with E-state index in [1.165, 1.54) is 0 Å². The number of hydrogen-bond acceptors (Lipinski definition) is 4. The molecule has 1 aromatic heterocycles. The Balaban J connectivity index is 1.56. The lowest BCUT2D eigenvalue weighted by molar-refractivity contribution is 1.27. The van der Waals surface area contributed by atoms with Crippen molar-refractivity contribution in [2.45, 2.75) is 0 Å². The molecule has 0 aliphatic rings. The van der Waals surface area contributed by atoms with Crippen molar-refractivity contribution < 1.29 is 0 Å². The Labute approximate surface area is 191 Å². The monoisotopic (exact) mass is 431 g/mol. The van der Waals surface area contributed by atoms with Gasteiger partial charge in [-0.15, -0.1) is 0 Å². The summed E-state index contributed by atoms with van der Waals surface area (Å²) in [6.07, 6.45) is 0. The number of hydrazone groups is 1. The Hall–Kier alpha value is -4.02. The maximum absolute atomic E-state index is 4.92. The smallest absolute Gasteiger partial charge is 0.204 e. The van der Waals surface area contributed by atoms with Crippen LogP contribution in [-0.4, -0.2) is 10.7 Å². The van der Waals surface area contributed by atoms with Crippen molar-refractivity contribution in [2.75, 3.05) is 5.43 Å². The van der Waals surface area contributed by atoms with Gasteiger partial charge in [-0.3, -0.25) is 5.43 Å². The van der Waals surface area contributed by atoms with Crippen molar-refractivity contribution in [3.8, 4) is 21.7 Å². The lowest BCUT2D eigenvalue weighted by Crippen LogP contribution is -2.06. The first-order valence-corrected chi connectivity index (χ1v) is 11.3. The summed E-state index contributed by atoms with van der Waals surface area (Å²) in [7, 11) is 0. The third-order valence-electron chi connectivity index (χ3n) is 5.07. The Morgan fingerprint density at radius 1 is 0.594 bits per heavy atom. The van der Waals surface area contributed by atoms with Crippen molar-refractivity contribution >= 4 is 22.2 Å². The predicted molar refractivity (Wildman–Crippen MR) is 135 cm³/mol. The number of nitrogens with zero attached hydrogens (tertiary/aromatic N) is 2. The van der Waals surface area contributed by atoms with Crippen LogP contribution < -0.4 is 5.43 Å². The molecule has 0 aliphatic carbocycles. The van der Waals surface area contributed by atoms with E-state index in [-0.39, 0.29) is 0 Å². The summed E-state index contributed by atoms with van der Waals surface area (Å²) in [4.78, 5) is 6.04. The molecule has 0 saturated heterocycles. The molecular formula is C28H21N3S. The lowest BCUT2D eigenvalue weighted by Gasteiger charge is -2.07. The molecule has 0 saturated carbocycles. The van der Waals surface area contributed by atoms with E-state index in [0.29, 0.717) is 0 Å². The molecule has 0 fully saturated rings. The lowest BCUT2D eigenvalue weighted by atomic mass is 10.0. The maximum Gasteiger partial charge on any atom is 0.204 e. The van der Waals surface area contributed by atoms with E-state index in [9.17, 15) is 0 Å². The zero-order chi connectivity index (χ0) is 21.6. The highest BCUT2D eigenvalue weighted by Gasteiger charge is 2.15. The number of thiazole rings is 1. The topological polar surface area (TPSA) is 37.3 Å². The first kappa shape index (κ1) is 19.9. The maximum atomic E-state index is 4.92. The van der Waals surface area contributed by atoms with E-state index in [2.05, 4.69) is 66.1 Å². The summed E-state index contributed by atoms with van der Waals surface area (Å²) < 4.78 is 0. The average molecular weight is 432 g/mol. The van der Waals surface area contributed by atoms with Crippen LogP contribution in [0.25, 0.3) is 21.7 Å². The second-order valence-electron chi connectivity index (χ2n) is 7.23. The van der Waals surface area contributed by atoms with E-state index >= 15 is 0 Å². The molecule has 0 unspecified atom stereocenters. The minimum Gasteiger partial charge on any atom is -0.252 e. The van der Waals surface area contributed by atoms with Gasteiger partial charge in [-0.1, -0.05) is 133 Å². The van der Waals surface area contributed by atoms with Crippen molar-refractivity contribution in [2.24, 2.45) is 5.10 Å². The molecule has 32 heavy (non-hydrogen) atoms. The summed E-state index contributed by atoms with van der Waals surface area (Å²) in [6.45, 7) is 0. The molecule has 0 radical (unpaired) electrons. The number of anilines is 1. The first-order valence-electron chi connectivity index (χ1n) is 10.4. The standard InChI is InChI=1S/C28H21N3S/c1-5-13-21(14-6-1)25(22-15-7-2-8-16-22)30-31-28-29-26(23-17-9-3-10-18-23)27(32-28)24-19-11-4-12-20-24/h1-20H,(H,29,31). The Kier molecular flexibility index (Phi) is 5.86. The van der Waals surface area contributed by atoms with Crippen LogP contribution in [0.15, 0.2) is 126 Å². The van der Waals surface area contributed by atoms with Gasteiger partial charge in [0.25, 0.3) is 0 Å². The minimum atomic E-state index is 0.757. The molecule has 3 nitrogen and oxygen atoms in total. The van der Waals surface area contributed by atoms with E-state index in [4.69, 9.17) is 10.1 Å². The SMILES string of the molecule is c1ccc(C(=NNc2nc(-c3ccccc3)c(-c3ccccc3)s2)c2ccccc2)cc1. The second kappa shape index (κ2) is 9.41. The Morgan fingerprint density at radius 2 is 1.06 bits per heavy atom. The molecule has 0 atom stereocenters. The number of aromatic nitrogens is 1. The number of rotatable bonds is 6. The van der Waals surface area contributed by atoms with Gasteiger partial charge in [0.2, 0.25) is 5.13 Å². The molecule has 0 amide bonds. The molecule has 1 heterocycles. The van der Waals surface area contributed by atoms with Crippen LogP contribution in [0.5, 0.6) is 0 Å². The van der Waals surface area contributed by atoms with Crippen LogP contribution in [0.1, 0.15) is 11.1 Å². The molecule has 0 bridgehead atoms. The average Bonchev–Trinajstić information content (AvgIpc) is 3.31. The first-order chi connectivity index (χ1) is 15.9. The van der Waals surface area contributed by atoms with E-state index in [1.807, 2.05) is 60.7 Å². The normalized spacial score (nSPS) is 10.5.